The van der Waals surface area contributed by atoms with Crippen molar-refractivity contribution in [1.29, 1.82) is 0 Å². The van der Waals surface area contributed by atoms with Gasteiger partial charge in [-0.05, 0) is 37.7 Å². The second-order valence-electron chi connectivity index (χ2n) is 3.42. The summed E-state index contributed by atoms with van der Waals surface area (Å²) in [4.78, 5) is 0. The Bertz CT molecular complexity index is 366. The summed E-state index contributed by atoms with van der Waals surface area (Å²) < 4.78 is 11.1. The highest BCUT2D eigenvalue weighted by Crippen LogP contribution is 2.28. The third-order valence-electron chi connectivity index (χ3n) is 2.11. The van der Waals surface area contributed by atoms with Crippen LogP contribution in [0.15, 0.2) is 29.8 Å². The third-order valence-corrected chi connectivity index (χ3v) is 2.29. The van der Waals surface area contributed by atoms with Gasteiger partial charge in [0.1, 0.15) is 6.61 Å². The molecule has 0 amide bonds. The second kappa shape index (κ2) is 7.98. The molecule has 0 aliphatic heterocycles. The Balaban J connectivity index is 2.79. The molecule has 1 rings (SSSR count). The summed E-state index contributed by atoms with van der Waals surface area (Å²) in [6, 6.07) is 5.91. The summed E-state index contributed by atoms with van der Waals surface area (Å²) in [5, 5.41) is 3.10. The molecular weight excluding hydrogens is 238 g/mol. The Kier molecular flexibility index (Phi) is 6.51. The van der Waals surface area contributed by atoms with E-state index in [-0.39, 0.29) is 0 Å². The summed E-state index contributed by atoms with van der Waals surface area (Å²) >= 11 is 5.44. The first kappa shape index (κ1) is 13.9. The summed E-state index contributed by atoms with van der Waals surface area (Å²) in [7, 11) is 1.91. The zero-order chi connectivity index (χ0) is 12.5. The lowest BCUT2D eigenvalue weighted by molar-refractivity contribution is 0.296. The lowest BCUT2D eigenvalue weighted by Crippen LogP contribution is -2.06. The molecular formula is C13H18ClNO2. The molecule has 1 aromatic carbocycles. The maximum atomic E-state index is 5.55. The first-order valence-electron chi connectivity index (χ1n) is 5.60. The van der Waals surface area contributed by atoms with Crippen LogP contribution < -0.4 is 14.8 Å². The van der Waals surface area contributed by atoms with Gasteiger partial charge in [-0.2, -0.15) is 0 Å². The summed E-state index contributed by atoms with van der Waals surface area (Å²) in [5.74, 6) is 1.50. The molecule has 0 radical (unpaired) electrons. The van der Waals surface area contributed by atoms with Crippen LogP contribution in [0, 0.1) is 0 Å². The van der Waals surface area contributed by atoms with Gasteiger partial charge in [0.15, 0.2) is 11.5 Å². The topological polar surface area (TPSA) is 30.5 Å². The fraction of sp³-hybridized carbons (Fsp3) is 0.385. The lowest BCUT2D eigenvalue weighted by atomic mass is 10.2. The molecule has 1 aromatic rings. The fourth-order valence-electron chi connectivity index (χ4n) is 1.43. The van der Waals surface area contributed by atoms with E-state index < -0.39 is 0 Å². The van der Waals surface area contributed by atoms with Crippen LogP contribution in [-0.4, -0.2) is 20.3 Å². The minimum absolute atomic E-state index is 0.439. The third kappa shape index (κ3) is 4.67. The Morgan fingerprint density at radius 1 is 1.29 bits per heavy atom. The zero-order valence-electron chi connectivity index (χ0n) is 10.2. The van der Waals surface area contributed by atoms with Crippen molar-refractivity contribution in [3.05, 3.63) is 35.4 Å². The number of hydrogen-bond donors (Lipinski definition) is 1. The van der Waals surface area contributed by atoms with Gasteiger partial charge in [-0.1, -0.05) is 17.7 Å². The molecule has 0 heterocycles. The van der Waals surface area contributed by atoms with Crippen molar-refractivity contribution in [2.24, 2.45) is 0 Å². The van der Waals surface area contributed by atoms with Crippen LogP contribution in [0.1, 0.15) is 12.5 Å². The molecule has 0 saturated heterocycles. The molecule has 0 unspecified atom stereocenters. The first-order valence-corrected chi connectivity index (χ1v) is 6.03. The van der Waals surface area contributed by atoms with E-state index in [1.165, 1.54) is 5.54 Å². The molecule has 0 bridgehead atoms. The number of hydrogen-bond acceptors (Lipinski definition) is 3. The molecule has 0 atom stereocenters. The normalized spacial score (nSPS) is 10.8. The van der Waals surface area contributed by atoms with E-state index in [2.05, 4.69) is 5.32 Å². The van der Waals surface area contributed by atoms with Crippen molar-refractivity contribution in [1.82, 2.24) is 5.32 Å². The molecule has 0 aromatic heterocycles. The highest BCUT2D eigenvalue weighted by Gasteiger charge is 2.05. The van der Waals surface area contributed by atoms with Crippen LogP contribution in [0.4, 0.5) is 0 Å². The zero-order valence-corrected chi connectivity index (χ0v) is 11.0. The number of nitrogens with one attached hydrogen (secondary N) is 1. The van der Waals surface area contributed by atoms with E-state index in [0.29, 0.717) is 13.2 Å². The monoisotopic (exact) mass is 255 g/mol. The van der Waals surface area contributed by atoms with Crippen molar-refractivity contribution >= 4 is 11.6 Å². The van der Waals surface area contributed by atoms with E-state index in [4.69, 9.17) is 21.1 Å². The van der Waals surface area contributed by atoms with Gasteiger partial charge in [-0.15, -0.1) is 0 Å². The molecule has 1 N–H and O–H groups in total. The van der Waals surface area contributed by atoms with E-state index in [9.17, 15) is 0 Å². The van der Waals surface area contributed by atoms with Crippen molar-refractivity contribution in [3.8, 4) is 11.5 Å². The Morgan fingerprint density at radius 2 is 2.12 bits per heavy atom. The van der Waals surface area contributed by atoms with Crippen LogP contribution in [0.2, 0.25) is 0 Å². The van der Waals surface area contributed by atoms with E-state index in [1.807, 2.05) is 32.2 Å². The molecule has 0 spiro atoms. The molecule has 17 heavy (non-hydrogen) atoms. The largest absolute Gasteiger partial charge is 0.490 e. The van der Waals surface area contributed by atoms with Gasteiger partial charge in [-0.3, -0.25) is 0 Å². The highest BCUT2D eigenvalue weighted by atomic mass is 35.5. The van der Waals surface area contributed by atoms with Crippen molar-refractivity contribution < 1.29 is 9.47 Å². The number of rotatable bonds is 7. The lowest BCUT2D eigenvalue weighted by Gasteiger charge is -2.12. The van der Waals surface area contributed by atoms with Crippen molar-refractivity contribution in [2.45, 2.75) is 13.5 Å². The van der Waals surface area contributed by atoms with Crippen LogP contribution in [0.25, 0.3) is 0 Å². The predicted molar refractivity (Wildman–Crippen MR) is 70.9 cm³/mol. The maximum absolute atomic E-state index is 5.55. The smallest absolute Gasteiger partial charge is 0.161 e. The number of halogens is 1. The van der Waals surface area contributed by atoms with E-state index >= 15 is 0 Å². The standard InChI is InChI=1S/C13H18ClNO2/c1-3-16-13-9-11(10-15-2)5-6-12(13)17-8-4-7-14/h4-7,9,15H,3,8,10H2,1-2H3/b7-4+. The van der Waals surface area contributed by atoms with Gasteiger partial charge in [0.2, 0.25) is 0 Å². The molecule has 0 aliphatic carbocycles. The predicted octanol–water partition coefficient (Wildman–Crippen LogP) is 2.94. The molecule has 94 valence electrons. The fourth-order valence-corrected chi connectivity index (χ4v) is 1.50. The molecule has 4 heteroatoms. The van der Waals surface area contributed by atoms with Gasteiger partial charge >= 0.3 is 0 Å². The van der Waals surface area contributed by atoms with Crippen molar-refractivity contribution in [3.63, 3.8) is 0 Å². The van der Waals surface area contributed by atoms with Gasteiger partial charge in [0, 0.05) is 12.1 Å². The van der Waals surface area contributed by atoms with Gasteiger partial charge in [0.25, 0.3) is 0 Å². The number of ether oxygens (including phenoxy) is 2. The first-order chi connectivity index (χ1) is 8.31. The van der Waals surface area contributed by atoms with Gasteiger partial charge in [0.05, 0.1) is 6.61 Å². The average molecular weight is 256 g/mol. The van der Waals surface area contributed by atoms with E-state index in [1.54, 1.807) is 6.08 Å². The summed E-state index contributed by atoms with van der Waals surface area (Å²) in [6.45, 7) is 3.81. The molecule has 0 aliphatic rings. The summed E-state index contributed by atoms with van der Waals surface area (Å²) in [5.41, 5.74) is 2.60. The number of benzene rings is 1. The maximum Gasteiger partial charge on any atom is 0.161 e. The SMILES string of the molecule is CCOc1cc(CNC)ccc1OC/C=C/Cl. The highest BCUT2D eigenvalue weighted by molar-refractivity contribution is 6.25. The Morgan fingerprint density at radius 3 is 2.76 bits per heavy atom. The van der Waals surface area contributed by atoms with Crippen LogP contribution in [0.3, 0.4) is 0 Å². The Labute approximate surface area is 107 Å². The van der Waals surface area contributed by atoms with Crippen molar-refractivity contribution in [2.75, 3.05) is 20.3 Å². The van der Waals surface area contributed by atoms with Crippen LogP contribution >= 0.6 is 11.6 Å². The Hall–Kier alpha value is -1.19. The van der Waals surface area contributed by atoms with Gasteiger partial charge in [-0.25, -0.2) is 0 Å². The minimum atomic E-state index is 0.439. The van der Waals surface area contributed by atoms with Gasteiger partial charge < -0.3 is 14.8 Å². The minimum Gasteiger partial charge on any atom is -0.490 e. The molecule has 0 saturated carbocycles. The quantitative estimate of drug-likeness (QED) is 0.813. The second-order valence-corrected chi connectivity index (χ2v) is 3.67. The molecule has 3 nitrogen and oxygen atoms in total. The molecule has 0 fully saturated rings. The average Bonchev–Trinajstić information content (AvgIpc) is 2.33. The van der Waals surface area contributed by atoms with E-state index in [0.717, 1.165) is 23.6 Å². The van der Waals surface area contributed by atoms with Crippen LogP contribution in [0.5, 0.6) is 11.5 Å². The summed E-state index contributed by atoms with van der Waals surface area (Å²) in [6.07, 6.45) is 1.73. The van der Waals surface area contributed by atoms with Crippen LogP contribution in [-0.2, 0) is 6.54 Å².